The number of halogens is 1. The third-order valence-corrected chi connectivity index (χ3v) is 3.99. The molecule has 3 rings (SSSR count). The molecule has 0 aliphatic rings. The summed E-state index contributed by atoms with van der Waals surface area (Å²) >= 11 is 8.38. The minimum atomic E-state index is -0.497. The topological polar surface area (TPSA) is 84.7 Å². The summed E-state index contributed by atoms with van der Waals surface area (Å²) in [6, 6.07) is 6.94. The Labute approximate surface area is 137 Å². The van der Waals surface area contributed by atoms with Crippen molar-refractivity contribution in [2.24, 2.45) is 7.05 Å². The highest BCUT2D eigenvalue weighted by Crippen LogP contribution is 2.15. The molecule has 2 N–H and O–H groups in total. The van der Waals surface area contributed by atoms with Gasteiger partial charge in [-0.25, -0.2) is 0 Å². The van der Waals surface area contributed by atoms with Gasteiger partial charge in [-0.15, -0.1) is 0 Å². The van der Waals surface area contributed by atoms with Crippen LogP contribution in [0.5, 0.6) is 0 Å². The first-order chi connectivity index (χ1) is 10.5. The fraction of sp³-hybridized carbons (Fsp3) is 0.0769. The quantitative estimate of drug-likeness (QED) is 0.666. The van der Waals surface area contributed by atoms with E-state index < -0.39 is 11.5 Å². The maximum Gasteiger partial charge on any atom is 0.289 e. The minimum absolute atomic E-state index is 0.107. The lowest BCUT2D eigenvalue weighted by Gasteiger charge is -2.10. The van der Waals surface area contributed by atoms with Crippen molar-refractivity contribution >= 4 is 45.0 Å². The molecule has 1 amide bonds. The van der Waals surface area contributed by atoms with Crippen LogP contribution in [0.4, 0.5) is 0 Å². The van der Waals surface area contributed by atoms with Crippen LogP contribution in [0.15, 0.2) is 39.7 Å². The molecule has 3 aromatic rings. The van der Waals surface area contributed by atoms with Gasteiger partial charge in [-0.1, -0.05) is 12.1 Å². The number of aromatic nitrogens is 4. The second-order valence-electron chi connectivity index (χ2n) is 4.52. The van der Waals surface area contributed by atoms with E-state index in [0.29, 0.717) is 15.4 Å². The molecule has 0 saturated heterocycles. The number of aryl methyl sites for hydroxylation is 1. The Hall–Kier alpha value is -2.26. The number of nitrogens with zero attached hydrogens (tertiary/aromatic N) is 3. The van der Waals surface area contributed by atoms with Gasteiger partial charge in [0.1, 0.15) is 5.69 Å². The molecular weight excluding hydrogens is 370 g/mol. The lowest BCUT2D eigenvalue weighted by Crippen LogP contribution is -2.35. The Morgan fingerprint density at radius 2 is 2.14 bits per heavy atom. The van der Waals surface area contributed by atoms with Gasteiger partial charge in [-0.05, 0) is 40.3 Å². The molecule has 0 saturated carbocycles. The third-order valence-electron chi connectivity index (χ3n) is 3.13. The highest BCUT2D eigenvalue weighted by molar-refractivity contribution is 9.10. The van der Waals surface area contributed by atoms with E-state index in [-0.39, 0.29) is 10.5 Å². The molecular formula is C13H10BrN5O2S. The molecule has 112 valence electrons. The lowest BCUT2D eigenvalue weighted by atomic mass is 10.2. The lowest BCUT2D eigenvalue weighted by molar-refractivity contribution is 0.0997. The number of hydrogen-bond donors (Lipinski definition) is 2. The molecule has 0 atom stereocenters. The highest BCUT2D eigenvalue weighted by Gasteiger charge is 2.17. The average Bonchev–Trinajstić information content (AvgIpc) is 2.82. The SMILES string of the molecule is Cn1ncc(Br)c1C(=O)Nn1c(=S)[nH]c2ccccc2c1=O. The van der Waals surface area contributed by atoms with Crippen LogP contribution >= 0.6 is 28.1 Å². The standard InChI is InChI=1S/C13H10BrN5O2S/c1-18-10(8(14)6-15-18)11(20)17-19-12(21)7-4-2-3-5-9(7)16-13(19)22/h2-6H,1H3,(H,16,22)(H,17,20). The number of fused-ring (bicyclic) bond motifs is 1. The largest absolute Gasteiger partial charge is 0.330 e. The monoisotopic (exact) mass is 379 g/mol. The van der Waals surface area contributed by atoms with E-state index in [9.17, 15) is 9.59 Å². The number of benzene rings is 1. The van der Waals surface area contributed by atoms with E-state index in [0.717, 1.165) is 4.68 Å². The zero-order valence-electron chi connectivity index (χ0n) is 11.3. The molecule has 0 radical (unpaired) electrons. The smallest absolute Gasteiger partial charge is 0.289 e. The minimum Gasteiger partial charge on any atom is -0.330 e. The van der Waals surface area contributed by atoms with Crippen LogP contribution in [-0.4, -0.2) is 25.3 Å². The van der Waals surface area contributed by atoms with Crippen LogP contribution in [-0.2, 0) is 7.05 Å². The van der Waals surface area contributed by atoms with Crippen LogP contribution in [0.25, 0.3) is 10.9 Å². The fourth-order valence-corrected chi connectivity index (χ4v) is 2.85. The molecule has 7 nitrogen and oxygen atoms in total. The van der Waals surface area contributed by atoms with E-state index in [1.54, 1.807) is 31.3 Å². The second kappa shape index (κ2) is 5.50. The van der Waals surface area contributed by atoms with Gasteiger partial charge >= 0.3 is 0 Å². The average molecular weight is 380 g/mol. The van der Waals surface area contributed by atoms with Gasteiger partial charge < -0.3 is 4.98 Å². The van der Waals surface area contributed by atoms with Gasteiger partial charge in [0, 0.05) is 7.05 Å². The van der Waals surface area contributed by atoms with Gasteiger partial charge in [0.15, 0.2) is 4.77 Å². The van der Waals surface area contributed by atoms with E-state index in [1.165, 1.54) is 10.9 Å². The highest BCUT2D eigenvalue weighted by atomic mass is 79.9. The molecule has 0 unspecified atom stereocenters. The number of carbonyl (C=O) groups is 1. The summed E-state index contributed by atoms with van der Waals surface area (Å²) < 4.78 is 3.05. The molecule has 2 heterocycles. The van der Waals surface area contributed by atoms with Crippen molar-refractivity contribution in [1.82, 2.24) is 19.4 Å². The summed E-state index contributed by atoms with van der Waals surface area (Å²) in [5.41, 5.74) is 3.00. The Morgan fingerprint density at radius 1 is 1.41 bits per heavy atom. The van der Waals surface area contributed by atoms with E-state index in [4.69, 9.17) is 12.2 Å². The number of hydrogen-bond acceptors (Lipinski definition) is 4. The maximum atomic E-state index is 12.5. The first kappa shape index (κ1) is 14.7. The molecule has 0 aliphatic carbocycles. The normalized spacial score (nSPS) is 10.8. The number of H-pyrrole nitrogens is 1. The van der Waals surface area contributed by atoms with Crippen molar-refractivity contribution in [2.75, 3.05) is 5.43 Å². The first-order valence-corrected chi connectivity index (χ1v) is 7.42. The van der Waals surface area contributed by atoms with Crippen molar-refractivity contribution in [1.29, 1.82) is 0 Å². The van der Waals surface area contributed by atoms with Crippen LogP contribution in [0.2, 0.25) is 0 Å². The number of amides is 1. The van der Waals surface area contributed by atoms with Crippen molar-refractivity contribution in [3.8, 4) is 0 Å². The molecule has 22 heavy (non-hydrogen) atoms. The maximum absolute atomic E-state index is 12.5. The van der Waals surface area contributed by atoms with E-state index in [1.807, 2.05) is 0 Å². The number of carbonyl (C=O) groups excluding carboxylic acids is 1. The van der Waals surface area contributed by atoms with Crippen LogP contribution in [0.1, 0.15) is 10.5 Å². The van der Waals surface area contributed by atoms with Gasteiger partial charge in [-0.2, -0.15) is 9.77 Å². The molecule has 1 aromatic carbocycles. The molecule has 9 heteroatoms. The number of rotatable bonds is 2. The van der Waals surface area contributed by atoms with Gasteiger partial charge in [-0.3, -0.25) is 19.7 Å². The Morgan fingerprint density at radius 3 is 2.82 bits per heavy atom. The van der Waals surface area contributed by atoms with Crippen LogP contribution in [0.3, 0.4) is 0 Å². The number of aromatic amines is 1. The number of nitrogens with one attached hydrogen (secondary N) is 2. The van der Waals surface area contributed by atoms with Gasteiger partial charge in [0.2, 0.25) is 0 Å². The Balaban J connectivity index is 2.10. The Kier molecular flexibility index (Phi) is 3.67. The van der Waals surface area contributed by atoms with E-state index in [2.05, 4.69) is 31.4 Å². The summed E-state index contributed by atoms with van der Waals surface area (Å²) in [5.74, 6) is -0.497. The zero-order chi connectivity index (χ0) is 15.9. The second-order valence-corrected chi connectivity index (χ2v) is 5.76. The molecule has 0 aliphatic heterocycles. The van der Waals surface area contributed by atoms with E-state index >= 15 is 0 Å². The predicted octanol–water partition coefficient (Wildman–Crippen LogP) is 1.94. The van der Waals surface area contributed by atoms with Crippen LogP contribution < -0.4 is 11.0 Å². The Bertz CT molecular complexity index is 984. The van der Waals surface area contributed by atoms with Crippen molar-refractivity contribution in [3.05, 3.63) is 55.8 Å². The summed E-state index contributed by atoms with van der Waals surface area (Å²) in [7, 11) is 1.63. The summed E-state index contributed by atoms with van der Waals surface area (Å²) in [6.45, 7) is 0. The summed E-state index contributed by atoms with van der Waals surface area (Å²) in [6.07, 6.45) is 1.50. The van der Waals surface area contributed by atoms with Gasteiger partial charge in [0.25, 0.3) is 11.5 Å². The molecule has 0 spiro atoms. The first-order valence-electron chi connectivity index (χ1n) is 6.22. The van der Waals surface area contributed by atoms with Crippen molar-refractivity contribution in [2.45, 2.75) is 0 Å². The van der Waals surface area contributed by atoms with Crippen molar-refractivity contribution in [3.63, 3.8) is 0 Å². The third kappa shape index (κ3) is 2.38. The predicted molar refractivity (Wildman–Crippen MR) is 88.0 cm³/mol. The molecule has 0 fully saturated rings. The number of para-hydroxylation sites is 1. The van der Waals surface area contributed by atoms with Gasteiger partial charge in [0.05, 0.1) is 21.6 Å². The molecule has 0 bridgehead atoms. The summed E-state index contributed by atoms with van der Waals surface area (Å²) in [4.78, 5) is 27.7. The summed E-state index contributed by atoms with van der Waals surface area (Å²) in [5, 5.41) is 4.39. The van der Waals surface area contributed by atoms with Crippen LogP contribution in [0, 0.1) is 4.77 Å². The molecule has 2 aromatic heterocycles. The zero-order valence-corrected chi connectivity index (χ0v) is 13.7. The van der Waals surface area contributed by atoms with Crippen molar-refractivity contribution < 1.29 is 4.79 Å². The fourth-order valence-electron chi connectivity index (χ4n) is 2.08.